The third-order valence-electron chi connectivity index (χ3n) is 2.89. The summed E-state index contributed by atoms with van der Waals surface area (Å²) in [5.74, 6) is 0.793. The molecule has 1 atom stereocenters. The van der Waals surface area contributed by atoms with E-state index in [1.54, 1.807) is 7.11 Å². The van der Waals surface area contributed by atoms with Gasteiger partial charge in [0.25, 0.3) is 0 Å². The zero-order chi connectivity index (χ0) is 13.8. The van der Waals surface area contributed by atoms with Gasteiger partial charge in [0.15, 0.2) is 0 Å². The number of aryl methyl sites for hydroxylation is 1. The van der Waals surface area contributed by atoms with Gasteiger partial charge in [-0.1, -0.05) is 28.1 Å². The van der Waals surface area contributed by atoms with Gasteiger partial charge in [0.2, 0.25) is 0 Å². The lowest BCUT2D eigenvalue weighted by molar-refractivity contribution is 0.408. The Kier molecular flexibility index (Phi) is 4.83. The molecule has 0 fully saturated rings. The first-order valence-electron chi connectivity index (χ1n) is 5.99. The Morgan fingerprint density at radius 1 is 1.32 bits per heavy atom. The number of hydrogen-bond acceptors (Lipinski definition) is 2. The first-order chi connectivity index (χ1) is 9.10. The van der Waals surface area contributed by atoms with E-state index in [1.807, 2.05) is 43.5 Å². The van der Waals surface area contributed by atoms with E-state index >= 15 is 0 Å². The van der Waals surface area contributed by atoms with Gasteiger partial charge in [-0.15, -0.1) is 11.6 Å². The average Bonchev–Trinajstić information content (AvgIpc) is 2.41. The molecule has 0 aliphatic rings. The van der Waals surface area contributed by atoms with Crippen molar-refractivity contribution in [3.8, 4) is 5.75 Å². The van der Waals surface area contributed by atoms with E-state index in [4.69, 9.17) is 16.3 Å². The van der Waals surface area contributed by atoms with E-state index in [0.29, 0.717) is 6.42 Å². The molecule has 19 heavy (non-hydrogen) atoms. The number of methoxy groups -OCH3 is 1. The minimum absolute atomic E-state index is 0.154. The molecule has 0 amide bonds. The van der Waals surface area contributed by atoms with E-state index in [1.165, 1.54) is 0 Å². The van der Waals surface area contributed by atoms with Crippen molar-refractivity contribution < 1.29 is 4.74 Å². The van der Waals surface area contributed by atoms with Crippen LogP contribution in [0.1, 0.15) is 22.2 Å². The van der Waals surface area contributed by atoms with Crippen LogP contribution in [-0.2, 0) is 6.42 Å². The number of nitrogens with zero attached hydrogens (tertiary/aromatic N) is 1. The van der Waals surface area contributed by atoms with E-state index in [0.717, 1.165) is 27.0 Å². The molecule has 100 valence electrons. The summed E-state index contributed by atoms with van der Waals surface area (Å²) in [6, 6.07) is 9.93. The second-order valence-electron chi connectivity index (χ2n) is 4.38. The molecule has 1 aromatic carbocycles. The van der Waals surface area contributed by atoms with Gasteiger partial charge >= 0.3 is 0 Å². The fourth-order valence-electron chi connectivity index (χ4n) is 1.86. The van der Waals surface area contributed by atoms with Crippen molar-refractivity contribution in [3.63, 3.8) is 0 Å². The van der Waals surface area contributed by atoms with E-state index in [-0.39, 0.29) is 5.38 Å². The number of alkyl halides is 1. The molecule has 1 unspecified atom stereocenters. The van der Waals surface area contributed by atoms with E-state index < -0.39 is 0 Å². The second-order valence-corrected chi connectivity index (χ2v) is 5.83. The molecule has 0 N–H and O–H groups in total. The van der Waals surface area contributed by atoms with Crippen LogP contribution in [0.3, 0.4) is 0 Å². The van der Waals surface area contributed by atoms with Gasteiger partial charge in [0.05, 0.1) is 12.5 Å². The second kappa shape index (κ2) is 6.40. The monoisotopic (exact) mass is 339 g/mol. The molecule has 0 radical (unpaired) electrons. The van der Waals surface area contributed by atoms with Crippen molar-refractivity contribution in [2.75, 3.05) is 7.11 Å². The minimum Gasteiger partial charge on any atom is -0.496 e. The number of hydrogen-bond donors (Lipinski definition) is 0. The Morgan fingerprint density at radius 2 is 2.11 bits per heavy atom. The predicted molar refractivity (Wildman–Crippen MR) is 82.0 cm³/mol. The summed E-state index contributed by atoms with van der Waals surface area (Å²) in [7, 11) is 1.65. The molecule has 0 spiro atoms. The molecular weight excluding hydrogens is 326 g/mol. The molecule has 0 aliphatic carbocycles. The molecular formula is C15H15BrClNO. The number of pyridine rings is 1. The molecule has 2 aromatic rings. The Balaban J connectivity index is 2.19. The summed E-state index contributed by atoms with van der Waals surface area (Å²) < 4.78 is 6.35. The Hall–Kier alpha value is -1.06. The van der Waals surface area contributed by atoms with Crippen molar-refractivity contribution in [3.05, 3.63) is 57.8 Å². The van der Waals surface area contributed by atoms with Crippen molar-refractivity contribution in [1.29, 1.82) is 0 Å². The summed E-state index contributed by atoms with van der Waals surface area (Å²) in [4.78, 5) is 4.38. The third-order valence-corrected chi connectivity index (χ3v) is 3.78. The number of benzene rings is 1. The van der Waals surface area contributed by atoms with Crippen LogP contribution in [0.5, 0.6) is 5.75 Å². The summed E-state index contributed by atoms with van der Waals surface area (Å²) in [6.07, 6.45) is 2.54. The van der Waals surface area contributed by atoms with Crippen molar-refractivity contribution in [1.82, 2.24) is 4.98 Å². The van der Waals surface area contributed by atoms with Crippen molar-refractivity contribution in [2.45, 2.75) is 18.7 Å². The fraction of sp³-hybridized carbons (Fsp3) is 0.267. The first-order valence-corrected chi connectivity index (χ1v) is 7.22. The molecule has 1 heterocycles. The number of halogens is 2. The lowest BCUT2D eigenvalue weighted by Gasteiger charge is -2.14. The molecule has 0 saturated heterocycles. The van der Waals surface area contributed by atoms with Crippen molar-refractivity contribution >= 4 is 27.5 Å². The number of rotatable bonds is 4. The summed E-state index contributed by atoms with van der Waals surface area (Å²) in [6.45, 7) is 2.02. The zero-order valence-corrected chi connectivity index (χ0v) is 13.2. The highest BCUT2D eigenvalue weighted by Gasteiger charge is 2.15. The van der Waals surface area contributed by atoms with Crippen LogP contribution in [0, 0.1) is 6.92 Å². The van der Waals surface area contributed by atoms with Gasteiger partial charge in [-0.2, -0.15) is 0 Å². The molecule has 4 heteroatoms. The highest BCUT2D eigenvalue weighted by molar-refractivity contribution is 9.10. The maximum atomic E-state index is 6.48. The highest BCUT2D eigenvalue weighted by atomic mass is 79.9. The van der Waals surface area contributed by atoms with Gasteiger partial charge in [0.1, 0.15) is 5.75 Å². The maximum Gasteiger partial charge on any atom is 0.124 e. The predicted octanol–water partition coefficient (Wildman–Crippen LogP) is 4.68. The van der Waals surface area contributed by atoms with Crippen LogP contribution >= 0.6 is 27.5 Å². The SMILES string of the molecule is COc1cc(Br)ccc1C(Cl)Cc1ccc(C)cn1. The molecule has 1 aromatic heterocycles. The van der Waals surface area contributed by atoms with Crippen molar-refractivity contribution in [2.24, 2.45) is 0 Å². The lowest BCUT2D eigenvalue weighted by atomic mass is 10.1. The molecule has 2 nitrogen and oxygen atoms in total. The molecule has 2 rings (SSSR count). The topological polar surface area (TPSA) is 22.1 Å². The van der Waals surface area contributed by atoms with E-state index in [2.05, 4.69) is 20.9 Å². The first kappa shape index (κ1) is 14.4. The average molecular weight is 341 g/mol. The molecule has 0 aliphatic heterocycles. The van der Waals surface area contributed by atoms with Crippen LogP contribution in [-0.4, -0.2) is 12.1 Å². The summed E-state index contributed by atoms with van der Waals surface area (Å²) in [5.41, 5.74) is 3.11. The van der Waals surface area contributed by atoms with Crippen LogP contribution in [0.15, 0.2) is 41.0 Å². The van der Waals surface area contributed by atoms with Crippen LogP contribution < -0.4 is 4.74 Å². The van der Waals surface area contributed by atoms with Crippen LogP contribution in [0.25, 0.3) is 0 Å². The largest absolute Gasteiger partial charge is 0.496 e. The van der Waals surface area contributed by atoms with Gasteiger partial charge in [0, 0.05) is 28.3 Å². The van der Waals surface area contributed by atoms with Gasteiger partial charge in [-0.3, -0.25) is 4.98 Å². The standard InChI is InChI=1S/C15H15BrClNO/c1-10-3-5-12(18-9-10)8-14(17)13-6-4-11(16)7-15(13)19-2/h3-7,9,14H,8H2,1-2H3. The molecule has 0 bridgehead atoms. The van der Waals surface area contributed by atoms with Gasteiger partial charge in [-0.05, 0) is 30.7 Å². The molecule has 0 saturated carbocycles. The number of ether oxygens (including phenoxy) is 1. The Labute approximate surface area is 126 Å². The number of aromatic nitrogens is 1. The van der Waals surface area contributed by atoms with Crippen LogP contribution in [0.2, 0.25) is 0 Å². The van der Waals surface area contributed by atoms with Crippen LogP contribution in [0.4, 0.5) is 0 Å². The lowest BCUT2D eigenvalue weighted by Crippen LogP contribution is -2.01. The Bertz CT molecular complexity index is 557. The summed E-state index contributed by atoms with van der Waals surface area (Å²) in [5, 5.41) is -0.154. The normalized spacial score (nSPS) is 12.2. The zero-order valence-electron chi connectivity index (χ0n) is 10.9. The third kappa shape index (κ3) is 3.71. The summed E-state index contributed by atoms with van der Waals surface area (Å²) >= 11 is 9.91. The van der Waals surface area contributed by atoms with Gasteiger partial charge in [-0.25, -0.2) is 0 Å². The van der Waals surface area contributed by atoms with Gasteiger partial charge < -0.3 is 4.74 Å². The Morgan fingerprint density at radius 3 is 2.74 bits per heavy atom. The highest BCUT2D eigenvalue weighted by Crippen LogP contribution is 2.33. The smallest absolute Gasteiger partial charge is 0.124 e. The fourth-order valence-corrected chi connectivity index (χ4v) is 2.53. The van der Waals surface area contributed by atoms with E-state index in [9.17, 15) is 0 Å². The minimum atomic E-state index is -0.154. The quantitative estimate of drug-likeness (QED) is 0.754. The maximum absolute atomic E-state index is 6.48.